The summed E-state index contributed by atoms with van der Waals surface area (Å²) in [7, 11) is 0. The molecule has 2 nitrogen and oxygen atoms in total. The summed E-state index contributed by atoms with van der Waals surface area (Å²) < 4.78 is 13.5. The Hall–Kier alpha value is -0.610. The fraction of sp³-hybridized carbons (Fsp3) is 0.364. The zero-order valence-electron chi connectivity index (χ0n) is 8.84. The van der Waals surface area contributed by atoms with Crippen molar-refractivity contribution in [3.05, 3.63) is 34.6 Å². The average Bonchev–Trinajstić information content (AvgIpc) is 2.25. The first-order valence-electron chi connectivity index (χ1n) is 4.91. The van der Waals surface area contributed by atoms with Gasteiger partial charge >= 0.3 is 0 Å². The Bertz CT molecular complexity index is 366. The molecule has 0 heterocycles. The Morgan fingerprint density at radius 2 is 2.25 bits per heavy atom. The van der Waals surface area contributed by atoms with Gasteiger partial charge in [0.25, 0.3) is 5.91 Å². The number of amides is 1. The lowest BCUT2D eigenvalue weighted by molar-refractivity contribution is 0.0770. The molecule has 0 unspecified atom stereocenters. The molecular weight excluding hydrogens is 296 g/mol. The van der Waals surface area contributed by atoms with Gasteiger partial charge in [-0.3, -0.25) is 4.79 Å². The van der Waals surface area contributed by atoms with Gasteiger partial charge in [-0.05, 0) is 19.1 Å². The minimum absolute atomic E-state index is 0.0491. The molecular formula is C11H12BrClFNO. The van der Waals surface area contributed by atoms with Crippen molar-refractivity contribution in [2.75, 3.05) is 18.4 Å². The van der Waals surface area contributed by atoms with Crippen LogP contribution >= 0.6 is 27.5 Å². The lowest BCUT2D eigenvalue weighted by atomic mass is 10.2. The number of hydrogen-bond donors (Lipinski definition) is 0. The second-order valence-electron chi connectivity index (χ2n) is 3.17. The topological polar surface area (TPSA) is 20.3 Å². The van der Waals surface area contributed by atoms with Crippen LogP contribution in [0.4, 0.5) is 4.39 Å². The number of hydrogen-bond acceptors (Lipinski definition) is 1. The van der Waals surface area contributed by atoms with Gasteiger partial charge in [0.1, 0.15) is 5.82 Å². The second-order valence-corrected chi connectivity index (χ2v) is 4.37. The van der Waals surface area contributed by atoms with Crippen LogP contribution in [0.15, 0.2) is 18.2 Å². The quantitative estimate of drug-likeness (QED) is 0.781. The van der Waals surface area contributed by atoms with Crippen LogP contribution in [0.1, 0.15) is 17.3 Å². The van der Waals surface area contributed by atoms with Crippen LogP contribution in [-0.4, -0.2) is 29.2 Å². The molecule has 0 radical (unpaired) electrons. The highest BCUT2D eigenvalue weighted by Gasteiger charge is 2.20. The van der Waals surface area contributed by atoms with Crippen LogP contribution in [0.2, 0.25) is 5.02 Å². The summed E-state index contributed by atoms with van der Waals surface area (Å²) in [5.41, 5.74) is -0.0491. The molecule has 1 rings (SSSR count). The zero-order chi connectivity index (χ0) is 12.1. The normalized spacial score (nSPS) is 10.2. The van der Waals surface area contributed by atoms with Gasteiger partial charge in [0.2, 0.25) is 0 Å². The smallest absolute Gasteiger partial charge is 0.258 e. The van der Waals surface area contributed by atoms with Crippen LogP contribution in [0.3, 0.4) is 0 Å². The monoisotopic (exact) mass is 307 g/mol. The molecule has 0 aromatic heterocycles. The molecule has 88 valence electrons. The largest absolute Gasteiger partial charge is 0.338 e. The number of halogens is 3. The maximum atomic E-state index is 13.5. The van der Waals surface area contributed by atoms with E-state index in [1.807, 2.05) is 6.92 Å². The summed E-state index contributed by atoms with van der Waals surface area (Å²) in [6.07, 6.45) is 0. The van der Waals surface area contributed by atoms with Crippen LogP contribution in [0.5, 0.6) is 0 Å². The van der Waals surface area contributed by atoms with Crippen LogP contribution < -0.4 is 0 Å². The number of rotatable bonds is 4. The van der Waals surface area contributed by atoms with Gasteiger partial charge in [0, 0.05) is 18.4 Å². The predicted octanol–water partition coefficient (Wildman–Crippen LogP) is 3.34. The van der Waals surface area contributed by atoms with Gasteiger partial charge in [-0.15, -0.1) is 0 Å². The van der Waals surface area contributed by atoms with E-state index in [-0.39, 0.29) is 16.5 Å². The summed E-state index contributed by atoms with van der Waals surface area (Å²) in [6, 6.07) is 4.23. The van der Waals surface area contributed by atoms with Crippen molar-refractivity contribution in [2.24, 2.45) is 0 Å². The first-order chi connectivity index (χ1) is 7.61. The summed E-state index contributed by atoms with van der Waals surface area (Å²) in [5.74, 6) is -0.949. The molecule has 0 fully saturated rings. The van der Waals surface area contributed by atoms with Crippen molar-refractivity contribution in [1.82, 2.24) is 4.90 Å². The molecule has 0 spiro atoms. The Morgan fingerprint density at radius 1 is 1.56 bits per heavy atom. The van der Waals surface area contributed by atoms with Gasteiger partial charge in [-0.1, -0.05) is 33.6 Å². The van der Waals surface area contributed by atoms with Gasteiger partial charge in [-0.2, -0.15) is 0 Å². The third-order valence-electron chi connectivity index (χ3n) is 2.20. The molecule has 1 amide bonds. The van der Waals surface area contributed by atoms with E-state index < -0.39 is 5.82 Å². The molecule has 1 aromatic rings. The lowest BCUT2D eigenvalue weighted by Crippen LogP contribution is -2.33. The fourth-order valence-corrected chi connectivity index (χ4v) is 2.04. The summed E-state index contributed by atoms with van der Waals surface area (Å²) >= 11 is 9.07. The van der Waals surface area contributed by atoms with Crippen molar-refractivity contribution in [3.63, 3.8) is 0 Å². The third kappa shape index (κ3) is 2.95. The average molecular weight is 309 g/mol. The number of nitrogens with zero attached hydrogens (tertiary/aromatic N) is 1. The van der Waals surface area contributed by atoms with Gasteiger partial charge in [-0.25, -0.2) is 4.39 Å². The SMILES string of the molecule is CCN(CCBr)C(=O)c1c(F)cccc1Cl. The van der Waals surface area contributed by atoms with Crippen LogP contribution in [0, 0.1) is 5.82 Å². The van der Waals surface area contributed by atoms with E-state index in [9.17, 15) is 9.18 Å². The van der Waals surface area contributed by atoms with Crippen molar-refractivity contribution in [3.8, 4) is 0 Å². The van der Waals surface area contributed by atoms with E-state index in [2.05, 4.69) is 15.9 Å². The first kappa shape index (κ1) is 13.5. The van der Waals surface area contributed by atoms with Crippen molar-refractivity contribution < 1.29 is 9.18 Å². The highest BCUT2D eigenvalue weighted by Crippen LogP contribution is 2.20. The Morgan fingerprint density at radius 3 is 2.75 bits per heavy atom. The van der Waals surface area contributed by atoms with Crippen molar-refractivity contribution in [1.29, 1.82) is 0 Å². The maximum absolute atomic E-state index is 13.5. The minimum Gasteiger partial charge on any atom is -0.338 e. The summed E-state index contributed by atoms with van der Waals surface area (Å²) in [6.45, 7) is 2.89. The summed E-state index contributed by atoms with van der Waals surface area (Å²) in [5, 5.41) is 0.802. The van der Waals surface area contributed by atoms with E-state index in [1.54, 1.807) is 4.90 Å². The predicted molar refractivity (Wildman–Crippen MR) is 66.8 cm³/mol. The Balaban J connectivity index is 3.03. The Kier molecular flexibility index (Phi) is 5.22. The molecule has 1 aromatic carbocycles. The van der Waals surface area contributed by atoms with Gasteiger partial charge in [0.15, 0.2) is 0 Å². The standard InChI is InChI=1S/C11H12BrClFNO/c1-2-15(7-6-12)11(16)10-8(13)4-3-5-9(10)14/h3-5H,2,6-7H2,1H3. The van der Waals surface area contributed by atoms with E-state index in [0.717, 1.165) is 0 Å². The highest BCUT2D eigenvalue weighted by atomic mass is 79.9. The molecule has 0 bridgehead atoms. The van der Waals surface area contributed by atoms with Gasteiger partial charge < -0.3 is 4.90 Å². The first-order valence-corrected chi connectivity index (χ1v) is 6.41. The van der Waals surface area contributed by atoms with Crippen LogP contribution in [-0.2, 0) is 0 Å². The molecule has 0 aliphatic heterocycles. The molecule has 5 heteroatoms. The number of benzene rings is 1. The van der Waals surface area contributed by atoms with Crippen molar-refractivity contribution in [2.45, 2.75) is 6.92 Å². The molecule has 0 N–H and O–H groups in total. The molecule has 0 aliphatic carbocycles. The summed E-state index contributed by atoms with van der Waals surface area (Å²) in [4.78, 5) is 13.5. The molecule has 0 saturated carbocycles. The van der Waals surface area contributed by atoms with E-state index in [4.69, 9.17) is 11.6 Å². The third-order valence-corrected chi connectivity index (χ3v) is 2.87. The number of carbonyl (C=O) groups excluding carboxylic acids is 1. The molecule has 0 aliphatic rings. The maximum Gasteiger partial charge on any atom is 0.258 e. The van der Waals surface area contributed by atoms with E-state index in [0.29, 0.717) is 18.4 Å². The Labute approximate surface area is 108 Å². The lowest BCUT2D eigenvalue weighted by Gasteiger charge is -2.20. The number of alkyl halides is 1. The fourth-order valence-electron chi connectivity index (χ4n) is 1.37. The highest BCUT2D eigenvalue weighted by molar-refractivity contribution is 9.09. The van der Waals surface area contributed by atoms with E-state index >= 15 is 0 Å². The second kappa shape index (κ2) is 6.21. The molecule has 16 heavy (non-hydrogen) atoms. The zero-order valence-corrected chi connectivity index (χ0v) is 11.2. The minimum atomic E-state index is -0.578. The van der Waals surface area contributed by atoms with E-state index in [1.165, 1.54) is 18.2 Å². The molecule has 0 atom stereocenters. The van der Waals surface area contributed by atoms with Gasteiger partial charge in [0.05, 0.1) is 10.6 Å². The molecule has 0 saturated heterocycles. The van der Waals surface area contributed by atoms with Crippen molar-refractivity contribution >= 4 is 33.4 Å². The van der Waals surface area contributed by atoms with Crippen LogP contribution in [0.25, 0.3) is 0 Å². The number of carbonyl (C=O) groups is 1.